The minimum atomic E-state index is 0.0983. The van der Waals surface area contributed by atoms with Gasteiger partial charge in [-0.25, -0.2) is 0 Å². The van der Waals surface area contributed by atoms with Gasteiger partial charge >= 0.3 is 0 Å². The average Bonchev–Trinajstić information content (AvgIpc) is 3.45. The lowest BCUT2D eigenvalue weighted by molar-refractivity contribution is 0.0699. The van der Waals surface area contributed by atoms with Crippen molar-refractivity contribution >= 4 is 17.2 Å². The number of aromatic nitrogens is 1. The SMILES string of the molecule is O=C(c1cccnc1)N1C[C@@H]2CN(Cc3cccs3)C[C@@H]2[C@@H]1c1ccccc1. The molecule has 2 saturated heterocycles. The molecule has 1 aromatic carbocycles. The number of thiophene rings is 1. The van der Waals surface area contributed by atoms with Crippen molar-refractivity contribution < 1.29 is 4.79 Å². The van der Waals surface area contributed by atoms with Crippen LogP contribution in [0.3, 0.4) is 0 Å². The topological polar surface area (TPSA) is 36.4 Å². The normalized spacial score (nSPS) is 24.4. The number of benzene rings is 1. The second-order valence-corrected chi connectivity index (χ2v) is 8.78. The van der Waals surface area contributed by atoms with Gasteiger partial charge in [-0.05, 0) is 35.1 Å². The van der Waals surface area contributed by atoms with E-state index in [0.717, 1.165) is 26.2 Å². The zero-order valence-electron chi connectivity index (χ0n) is 15.6. The summed E-state index contributed by atoms with van der Waals surface area (Å²) in [5.74, 6) is 1.09. The molecule has 5 rings (SSSR count). The highest BCUT2D eigenvalue weighted by Gasteiger charge is 2.49. The molecule has 2 aliphatic heterocycles. The molecule has 28 heavy (non-hydrogen) atoms. The minimum absolute atomic E-state index is 0.0983. The summed E-state index contributed by atoms with van der Waals surface area (Å²) in [6.45, 7) is 3.93. The molecule has 0 bridgehead atoms. The molecule has 0 aliphatic carbocycles. The molecule has 0 N–H and O–H groups in total. The van der Waals surface area contributed by atoms with Crippen molar-refractivity contribution in [2.75, 3.05) is 19.6 Å². The van der Waals surface area contributed by atoms with Crippen molar-refractivity contribution in [2.45, 2.75) is 12.6 Å². The van der Waals surface area contributed by atoms with Crippen LogP contribution < -0.4 is 0 Å². The predicted molar refractivity (Wildman–Crippen MR) is 111 cm³/mol. The molecular formula is C23H23N3OS. The second kappa shape index (κ2) is 7.49. The summed E-state index contributed by atoms with van der Waals surface area (Å²) in [6, 6.07) is 18.7. The van der Waals surface area contributed by atoms with Gasteiger partial charge in [-0.3, -0.25) is 14.7 Å². The highest BCUT2D eigenvalue weighted by atomic mass is 32.1. The summed E-state index contributed by atoms with van der Waals surface area (Å²) in [6.07, 6.45) is 3.40. The average molecular weight is 390 g/mol. The molecule has 0 unspecified atom stereocenters. The van der Waals surface area contributed by atoms with E-state index in [1.54, 1.807) is 12.4 Å². The molecule has 2 fully saturated rings. The van der Waals surface area contributed by atoms with Gasteiger partial charge in [0, 0.05) is 49.4 Å². The van der Waals surface area contributed by atoms with E-state index in [4.69, 9.17) is 0 Å². The molecule has 0 saturated carbocycles. The largest absolute Gasteiger partial charge is 0.331 e. The van der Waals surface area contributed by atoms with Gasteiger partial charge in [0.25, 0.3) is 5.91 Å². The molecule has 0 radical (unpaired) electrons. The van der Waals surface area contributed by atoms with Crippen LogP contribution >= 0.6 is 11.3 Å². The van der Waals surface area contributed by atoms with Crippen LogP contribution in [0.5, 0.6) is 0 Å². The summed E-state index contributed by atoms with van der Waals surface area (Å²) in [5, 5.41) is 2.15. The highest BCUT2D eigenvalue weighted by Crippen LogP contribution is 2.45. The Kier molecular flexibility index (Phi) is 4.71. The summed E-state index contributed by atoms with van der Waals surface area (Å²) < 4.78 is 0. The minimum Gasteiger partial charge on any atom is -0.331 e. The smallest absolute Gasteiger partial charge is 0.255 e. The number of pyridine rings is 1. The molecule has 2 aromatic heterocycles. The van der Waals surface area contributed by atoms with E-state index in [-0.39, 0.29) is 11.9 Å². The number of hydrogen-bond acceptors (Lipinski definition) is 4. The van der Waals surface area contributed by atoms with Gasteiger partial charge in [0.05, 0.1) is 11.6 Å². The van der Waals surface area contributed by atoms with Crippen LogP contribution in [0.2, 0.25) is 0 Å². The third-order valence-corrected chi connectivity index (χ3v) is 6.87. The first kappa shape index (κ1) is 17.6. The van der Waals surface area contributed by atoms with Crippen molar-refractivity contribution in [3.8, 4) is 0 Å². The number of carbonyl (C=O) groups excluding carboxylic acids is 1. The van der Waals surface area contributed by atoms with Crippen molar-refractivity contribution in [3.05, 3.63) is 88.4 Å². The Balaban J connectivity index is 1.42. The number of amides is 1. The van der Waals surface area contributed by atoms with Crippen LogP contribution in [-0.4, -0.2) is 40.3 Å². The quantitative estimate of drug-likeness (QED) is 0.674. The van der Waals surface area contributed by atoms with E-state index >= 15 is 0 Å². The number of rotatable bonds is 4. The Hall–Kier alpha value is -2.50. The first-order valence-corrected chi connectivity index (χ1v) is 10.7. The van der Waals surface area contributed by atoms with Crippen LogP contribution in [0.25, 0.3) is 0 Å². The van der Waals surface area contributed by atoms with Gasteiger partial charge < -0.3 is 4.90 Å². The number of fused-ring (bicyclic) bond motifs is 1. The zero-order chi connectivity index (χ0) is 18.9. The number of nitrogens with zero attached hydrogens (tertiary/aromatic N) is 3. The third kappa shape index (κ3) is 3.25. The summed E-state index contributed by atoms with van der Waals surface area (Å²) in [5.41, 5.74) is 1.92. The predicted octanol–water partition coefficient (Wildman–Crippen LogP) is 4.09. The Labute approximate surface area is 169 Å². The molecule has 3 aromatic rings. The Bertz CT molecular complexity index is 929. The fourth-order valence-corrected chi connectivity index (χ4v) is 5.58. The first-order valence-electron chi connectivity index (χ1n) is 9.80. The fourth-order valence-electron chi connectivity index (χ4n) is 4.83. The maximum absolute atomic E-state index is 13.3. The molecule has 2 aliphatic rings. The van der Waals surface area contributed by atoms with Gasteiger partial charge in [-0.1, -0.05) is 36.4 Å². The molecule has 142 valence electrons. The zero-order valence-corrected chi connectivity index (χ0v) is 16.5. The molecular weight excluding hydrogens is 366 g/mol. The molecule has 3 atom stereocenters. The van der Waals surface area contributed by atoms with Crippen molar-refractivity contribution in [2.24, 2.45) is 11.8 Å². The van der Waals surface area contributed by atoms with E-state index in [9.17, 15) is 4.79 Å². The van der Waals surface area contributed by atoms with Crippen LogP contribution in [-0.2, 0) is 6.54 Å². The van der Waals surface area contributed by atoms with Crippen LogP contribution in [0.4, 0.5) is 0 Å². The summed E-state index contributed by atoms with van der Waals surface area (Å²) >= 11 is 1.82. The molecule has 0 spiro atoms. The highest BCUT2D eigenvalue weighted by molar-refractivity contribution is 7.09. The lowest BCUT2D eigenvalue weighted by atomic mass is 9.89. The van der Waals surface area contributed by atoms with Crippen LogP contribution in [0.1, 0.15) is 26.8 Å². The number of carbonyl (C=O) groups is 1. The maximum Gasteiger partial charge on any atom is 0.255 e. The third-order valence-electron chi connectivity index (χ3n) is 6.01. The molecule has 1 amide bonds. The van der Waals surface area contributed by atoms with Crippen LogP contribution in [0, 0.1) is 11.8 Å². The molecule has 5 heteroatoms. The van der Waals surface area contributed by atoms with E-state index in [1.807, 2.05) is 29.5 Å². The Morgan fingerprint density at radius 3 is 2.68 bits per heavy atom. The monoisotopic (exact) mass is 389 g/mol. The Morgan fingerprint density at radius 2 is 1.93 bits per heavy atom. The molecule has 4 nitrogen and oxygen atoms in total. The second-order valence-electron chi connectivity index (χ2n) is 7.75. The van der Waals surface area contributed by atoms with Crippen molar-refractivity contribution in [1.82, 2.24) is 14.8 Å². The number of hydrogen-bond donors (Lipinski definition) is 0. The van der Waals surface area contributed by atoms with Gasteiger partial charge in [0.1, 0.15) is 0 Å². The lowest BCUT2D eigenvalue weighted by Gasteiger charge is -2.30. The van der Waals surface area contributed by atoms with E-state index in [0.29, 0.717) is 17.4 Å². The van der Waals surface area contributed by atoms with Gasteiger partial charge in [0.2, 0.25) is 0 Å². The van der Waals surface area contributed by atoms with Gasteiger partial charge in [0.15, 0.2) is 0 Å². The standard InChI is InChI=1S/C23H23N3OS/c27-23(18-8-4-10-24-12-18)26-14-19-13-25(15-20-9-5-11-28-20)16-21(19)22(26)17-6-2-1-3-7-17/h1-12,19,21-22H,13-16H2/t19-,21-,22-/m0/s1. The lowest BCUT2D eigenvalue weighted by Crippen LogP contribution is -2.35. The van der Waals surface area contributed by atoms with E-state index < -0.39 is 0 Å². The first-order chi connectivity index (χ1) is 13.8. The molecule has 4 heterocycles. The number of likely N-dealkylation sites (tertiary alicyclic amines) is 2. The van der Waals surface area contributed by atoms with Crippen molar-refractivity contribution in [3.63, 3.8) is 0 Å². The van der Waals surface area contributed by atoms with Gasteiger partial charge in [-0.2, -0.15) is 0 Å². The van der Waals surface area contributed by atoms with E-state index in [2.05, 4.69) is 56.6 Å². The van der Waals surface area contributed by atoms with Crippen molar-refractivity contribution in [1.29, 1.82) is 0 Å². The van der Waals surface area contributed by atoms with E-state index in [1.165, 1.54) is 10.4 Å². The van der Waals surface area contributed by atoms with Gasteiger partial charge in [-0.15, -0.1) is 11.3 Å². The van der Waals surface area contributed by atoms with Crippen LogP contribution in [0.15, 0.2) is 72.4 Å². The summed E-state index contributed by atoms with van der Waals surface area (Å²) in [7, 11) is 0. The Morgan fingerprint density at radius 1 is 1.04 bits per heavy atom. The maximum atomic E-state index is 13.3. The summed E-state index contributed by atoms with van der Waals surface area (Å²) in [4.78, 5) is 23.5. The fraction of sp³-hybridized carbons (Fsp3) is 0.304.